The normalized spacial score (nSPS) is 14.6. The van der Waals surface area contributed by atoms with Gasteiger partial charge in [-0.05, 0) is 78.4 Å². The highest BCUT2D eigenvalue weighted by molar-refractivity contribution is 6.28. The average molecular weight is 467 g/mol. The number of hydrogen-bond donors (Lipinski definition) is 1. The number of aromatic nitrogens is 2. The van der Waals surface area contributed by atoms with Crippen molar-refractivity contribution in [2.75, 3.05) is 13.2 Å². The Morgan fingerprint density at radius 3 is 2.78 bits per heavy atom. The third-order valence-electron chi connectivity index (χ3n) is 4.89. The molecule has 0 fully saturated rings. The van der Waals surface area contributed by atoms with Crippen molar-refractivity contribution in [1.82, 2.24) is 14.5 Å². The van der Waals surface area contributed by atoms with Gasteiger partial charge in [0.1, 0.15) is 24.2 Å². The van der Waals surface area contributed by atoms with Crippen LogP contribution >= 0.6 is 11.6 Å². The zero-order valence-corrected chi connectivity index (χ0v) is 19.0. The first-order valence-electron chi connectivity index (χ1n) is 10.3. The summed E-state index contributed by atoms with van der Waals surface area (Å²) in [7, 11) is 0. The lowest BCUT2D eigenvalue weighted by Gasteiger charge is -2.31. The maximum absolute atomic E-state index is 12.4. The van der Waals surface area contributed by atoms with Gasteiger partial charge in [-0.1, -0.05) is 6.07 Å². The number of carbonyl (C=O) groups is 1. The highest BCUT2D eigenvalue weighted by Crippen LogP contribution is 2.25. The van der Waals surface area contributed by atoms with E-state index in [-0.39, 0.29) is 36.8 Å². The van der Waals surface area contributed by atoms with E-state index < -0.39 is 16.6 Å². The summed E-state index contributed by atoms with van der Waals surface area (Å²) in [5, 5.41) is 21.0. The summed E-state index contributed by atoms with van der Waals surface area (Å²) in [6.07, 6.45) is 1.10. The molecule has 3 rings (SSSR count). The largest absolute Gasteiger partial charge is 0.491 e. The molecule has 0 radical (unpaired) electrons. The van der Waals surface area contributed by atoms with Crippen molar-refractivity contribution < 1.29 is 24.3 Å². The Balaban J connectivity index is 1.52. The van der Waals surface area contributed by atoms with Crippen LogP contribution in [-0.2, 0) is 24.2 Å². The molecular weight excluding hydrogens is 440 g/mol. The van der Waals surface area contributed by atoms with Gasteiger partial charge in [0, 0.05) is 19.6 Å². The molecule has 10 nitrogen and oxygen atoms in total. The molecule has 11 heteroatoms. The van der Waals surface area contributed by atoms with Crippen LogP contribution in [0.5, 0.6) is 5.75 Å². The fraction of sp³-hybridized carbons (Fsp3) is 0.524. The lowest BCUT2D eigenvalue weighted by Crippen LogP contribution is -2.39. The van der Waals surface area contributed by atoms with Crippen LogP contribution in [0, 0.1) is 10.1 Å². The van der Waals surface area contributed by atoms with Crippen molar-refractivity contribution in [3.8, 4) is 5.75 Å². The summed E-state index contributed by atoms with van der Waals surface area (Å²) in [5.74, 6) is 0.250. The molecule has 0 aliphatic carbocycles. The molecule has 1 amide bonds. The second kappa shape index (κ2) is 9.74. The third-order valence-corrected chi connectivity index (χ3v) is 5.19. The minimum Gasteiger partial charge on any atom is -0.491 e. The van der Waals surface area contributed by atoms with Gasteiger partial charge in [-0.2, -0.15) is 0 Å². The Bertz CT molecular complexity index is 987. The first-order chi connectivity index (χ1) is 15.0. The van der Waals surface area contributed by atoms with E-state index in [1.165, 1.54) is 10.8 Å². The monoisotopic (exact) mass is 466 g/mol. The van der Waals surface area contributed by atoms with E-state index in [2.05, 4.69) is 4.98 Å². The fourth-order valence-corrected chi connectivity index (χ4v) is 3.51. The summed E-state index contributed by atoms with van der Waals surface area (Å²) >= 11 is 5.88. The van der Waals surface area contributed by atoms with E-state index in [0.717, 1.165) is 17.5 Å². The topological polar surface area (TPSA) is 120 Å². The summed E-state index contributed by atoms with van der Waals surface area (Å²) in [5.41, 5.74) is 1.57. The molecule has 1 aromatic carbocycles. The van der Waals surface area contributed by atoms with Crippen LogP contribution in [0.3, 0.4) is 0 Å². The van der Waals surface area contributed by atoms with Crippen LogP contribution in [0.15, 0.2) is 24.4 Å². The number of rotatable bonds is 7. The number of aliphatic hydroxyl groups is 1. The molecule has 1 aromatic heterocycles. The summed E-state index contributed by atoms with van der Waals surface area (Å²) in [4.78, 5) is 27.8. The van der Waals surface area contributed by atoms with Crippen molar-refractivity contribution in [3.05, 3.63) is 50.9 Å². The quantitative estimate of drug-likeness (QED) is 0.489. The van der Waals surface area contributed by atoms with E-state index in [9.17, 15) is 20.0 Å². The molecule has 0 saturated carbocycles. The Morgan fingerprint density at radius 1 is 1.38 bits per heavy atom. The number of nitro groups is 1. The Morgan fingerprint density at radius 2 is 2.12 bits per heavy atom. The van der Waals surface area contributed by atoms with E-state index in [0.29, 0.717) is 18.8 Å². The van der Waals surface area contributed by atoms with Gasteiger partial charge in [0.15, 0.2) is 0 Å². The number of carbonyl (C=O) groups excluding carboxylic acids is 1. The van der Waals surface area contributed by atoms with Gasteiger partial charge in [0.2, 0.25) is 0 Å². The van der Waals surface area contributed by atoms with E-state index in [4.69, 9.17) is 21.1 Å². The number of benzene rings is 1. The van der Waals surface area contributed by atoms with Gasteiger partial charge < -0.3 is 29.6 Å². The molecule has 0 spiro atoms. The molecule has 32 heavy (non-hydrogen) atoms. The number of ether oxygens (including phenoxy) is 2. The van der Waals surface area contributed by atoms with Crippen molar-refractivity contribution in [1.29, 1.82) is 0 Å². The van der Waals surface area contributed by atoms with Gasteiger partial charge in [-0.25, -0.2) is 4.79 Å². The van der Waals surface area contributed by atoms with Crippen molar-refractivity contribution in [2.45, 2.75) is 58.4 Å². The van der Waals surface area contributed by atoms with Crippen molar-refractivity contribution in [2.24, 2.45) is 0 Å². The Hall–Kier alpha value is -2.85. The maximum atomic E-state index is 12.4. The standard InChI is InChI=1S/C21H27ClN4O6/c1-21(2,3)32-20(28)25-8-6-14-4-5-17(10-15(14)11-25)31-13-16(27)7-9-24-12-18(26(29)30)23-19(24)22/h4-5,10,12,16,27H,6-9,11,13H2,1-3H3. The summed E-state index contributed by atoms with van der Waals surface area (Å²) < 4.78 is 12.6. The minimum atomic E-state index is -0.804. The number of halogens is 1. The maximum Gasteiger partial charge on any atom is 0.410 e. The van der Waals surface area contributed by atoms with Crippen molar-refractivity contribution in [3.63, 3.8) is 0 Å². The van der Waals surface area contributed by atoms with Crippen LogP contribution < -0.4 is 4.74 Å². The average Bonchev–Trinajstić information content (AvgIpc) is 3.09. The van der Waals surface area contributed by atoms with Crippen molar-refractivity contribution >= 4 is 23.5 Å². The Labute approximate surface area is 190 Å². The minimum absolute atomic E-state index is 0.00551. The number of aryl methyl sites for hydroxylation is 1. The second-order valence-corrected chi connectivity index (χ2v) is 8.99. The van der Waals surface area contributed by atoms with E-state index in [1.807, 2.05) is 39.0 Å². The van der Waals surface area contributed by atoms with Crippen LogP contribution in [-0.4, -0.2) is 55.4 Å². The molecule has 174 valence electrons. The number of amides is 1. The van der Waals surface area contributed by atoms with Crippen LogP contribution in [0.2, 0.25) is 5.28 Å². The number of nitrogens with zero attached hydrogens (tertiary/aromatic N) is 4. The van der Waals surface area contributed by atoms with Gasteiger partial charge in [0.05, 0.1) is 6.10 Å². The number of aliphatic hydroxyl groups excluding tert-OH is 1. The van der Waals surface area contributed by atoms with Gasteiger partial charge in [-0.15, -0.1) is 0 Å². The lowest BCUT2D eigenvalue weighted by molar-refractivity contribution is -0.389. The molecule has 1 N–H and O–H groups in total. The molecule has 2 aromatic rings. The molecule has 1 atom stereocenters. The predicted molar refractivity (Wildman–Crippen MR) is 117 cm³/mol. The molecule has 0 bridgehead atoms. The molecule has 1 unspecified atom stereocenters. The first-order valence-corrected chi connectivity index (χ1v) is 10.7. The third kappa shape index (κ3) is 6.33. The highest BCUT2D eigenvalue weighted by Gasteiger charge is 2.26. The lowest BCUT2D eigenvalue weighted by atomic mass is 10.00. The first kappa shape index (κ1) is 23.8. The summed E-state index contributed by atoms with van der Waals surface area (Å²) in [6, 6.07) is 5.67. The molecule has 2 heterocycles. The SMILES string of the molecule is CC(C)(C)OC(=O)N1CCc2ccc(OCC(O)CCn3cc([N+](=O)[O-])nc3Cl)cc2C1. The van der Waals surface area contributed by atoms with Gasteiger partial charge in [0.25, 0.3) is 0 Å². The number of hydrogen-bond acceptors (Lipinski definition) is 7. The molecular formula is C21H27ClN4O6. The molecule has 1 aliphatic heterocycles. The zero-order chi connectivity index (χ0) is 23.5. The number of imidazole rings is 1. The zero-order valence-electron chi connectivity index (χ0n) is 18.3. The van der Waals surface area contributed by atoms with Gasteiger partial charge >= 0.3 is 17.2 Å². The molecule has 1 aliphatic rings. The van der Waals surface area contributed by atoms with Crippen LogP contribution in [0.25, 0.3) is 0 Å². The van der Waals surface area contributed by atoms with Crippen LogP contribution in [0.1, 0.15) is 38.3 Å². The van der Waals surface area contributed by atoms with Gasteiger partial charge in [-0.3, -0.25) is 4.57 Å². The second-order valence-electron chi connectivity index (χ2n) is 8.65. The van der Waals surface area contributed by atoms with E-state index in [1.54, 1.807) is 4.90 Å². The predicted octanol–water partition coefficient (Wildman–Crippen LogP) is 3.57. The van der Waals surface area contributed by atoms with E-state index >= 15 is 0 Å². The summed E-state index contributed by atoms with van der Waals surface area (Å²) in [6.45, 7) is 6.84. The number of fused-ring (bicyclic) bond motifs is 1. The smallest absolute Gasteiger partial charge is 0.410 e. The Kier molecular flexibility index (Phi) is 7.25. The highest BCUT2D eigenvalue weighted by atomic mass is 35.5. The fourth-order valence-electron chi connectivity index (χ4n) is 3.29. The molecule has 0 saturated heterocycles. The van der Waals surface area contributed by atoms with Crippen LogP contribution in [0.4, 0.5) is 10.6 Å².